The molecule has 1 heterocycles. The quantitative estimate of drug-likeness (QED) is 0.776. The van der Waals surface area contributed by atoms with Crippen LogP contribution < -0.4 is 10.2 Å². The van der Waals surface area contributed by atoms with Crippen LogP contribution in [-0.2, 0) is 0 Å². The predicted octanol–water partition coefficient (Wildman–Crippen LogP) is 5.54. The fraction of sp³-hybridized carbons (Fsp3) is 0.316. The molecule has 126 valence electrons. The van der Waals surface area contributed by atoms with Gasteiger partial charge in [-0.25, -0.2) is 0 Å². The maximum atomic E-state index is 12.4. The number of aryl methyl sites for hydroxylation is 1. The molecule has 1 aliphatic rings. The Bertz CT molecular complexity index is 755. The number of carbonyl (C=O) groups is 1. The molecule has 2 aromatic rings. The van der Waals surface area contributed by atoms with Crippen LogP contribution in [0.4, 0.5) is 11.4 Å². The van der Waals surface area contributed by atoms with Crippen LogP contribution in [-0.4, -0.2) is 19.0 Å². The number of halogens is 2. The second-order valence-electron chi connectivity index (χ2n) is 6.15. The Labute approximate surface area is 152 Å². The molecule has 0 radical (unpaired) electrons. The van der Waals surface area contributed by atoms with Crippen molar-refractivity contribution < 1.29 is 4.79 Å². The Morgan fingerprint density at radius 1 is 1.00 bits per heavy atom. The van der Waals surface area contributed by atoms with Gasteiger partial charge in [0.25, 0.3) is 5.91 Å². The van der Waals surface area contributed by atoms with Crippen LogP contribution in [0.15, 0.2) is 36.4 Å². The highest BCUT2D eigenvalue weighted by molar-refractivity contribution is 6.35. The highest BCUT2D eigenvalue weighted by atomic mass is 35.5. The summed E-state index contributed by atoms with van der Waals surface area (Å²) in [5.74, 6) is -0.234. The van der Waals surface area contributed by atoms with Crippen molar-refractivity contribution in [2.45, 2.75) is 26.2 Å². The molecule has 0 aromatic heterocycles. The highest BCUT2D eigenvalue weighted by Gasteiger charge is 2.15. The van der Waals surface area contributed by atoms with Gasteiger partial charge in [0, 0.05) is 18.8 Å². The Morgan fingerprint density at radius 3 is 2.42 bits per heavy atom. The third-order valence-electron chi connectivity index (χ3n) is 4.27. The number of benzene rings is 2. The average molecular weight is 363 g/mol. The van der Waals surface area contributed by atoms with Crippen LogP contribution in [0.3, 0.4) is 0 Å². The van der Waals surface area contributed by atoms with Gasteiger partial charge in [-0.1, -0.05) is 29.3 Å². The zero-order valence-corrected chi connectivity index (χ0v) is 15.1. The lowest BCUT2D eigenvalue weighted by Crippen LogP contribution is -2.29. The molecular weight excluding hydrogens is 343 g/mol. The summed E-state index contributed by atoms with van der Waals surface area (Å²) in [4.78, 5) is 14.7. The van der Waals surface area contributed by atoms with E-state index in [1.807, 2.05) is 25.1 Å². The second kappa shape index (κ2) is 7.45. The van der Waals surface area contributed by atoms with Gasteiger partial charge in [-0.05, 0) is 62.1 Å². The minimum atomic E-state index is -0.234. The first-order valence-electron chi connectivity index (χ1n) is 8.16. The van der Waals surface area contributed by atoms with E-state index in [0.29, 0.717) is 21.3 Å². The molecule has 5 heteroatoms. The number of rotatable bonds is 3. The van der Waals surface area contributed by atoms with Crippen molar-refractivity contribution >= 4 is 40.5 Å². The molecule has 1 aliphatic heterocycles. The van der Waals surface area contributed by atoms with E-state index < -0.39 is 0 Å². The number of nitrogens with zero attached hydrogens (tertiary/aromatic N) is 1. The van der Waals surface area contributed by atoms with E-state index in [1.165, 1.54) is 19.3 Å². The van der Waals surface area contributed by atoms with Crippen molar-refractivity contribution in [3.05, 3.63) is 57.6 Å². The summed E-state index contributed by atoms with van der Waals surface area (Å²) in [7, 11) is 0. The summed E-state index contributed by atoms with van der Waals surface area (Å²) in [6, 6.07) is 11.0. The van der Waals surface area contributed by atoms with Gasteiger partial charge >= 0.3 is 0 Å². The first-order chi connectivity index (χ1) is 11.5. The summed E-state index contributed by atoms with van der Waals surface area (Å²) >= 11 is 12.6. The van der Waals surface area contributed by atoms with E-state index in [1.54, 1.807) is 18.2 Å². The first-order valence-corrected chi connectivity index (χ1v) is 8.92. The largest absolute Gasteiger partial charge is 0.370 e. The summed E-state index contributed by atoms with van der Waals surface area (Å²) in [6.45, 7) is 4.00. The topological polar surface area (TPSA) is 32.3 Å². The van der Waals surface area contributed by atoms with Crippen molar-refractivity contribution in [3.8, 4) is 0 Å². The molecule has 0 spiro atoms. The molecule has 0 unspecified atom stereocenters. The van der Waals surface area contributed by atoms with E-state index in [0.717, 1.165) is 24.3 Å². The Kier molecular flexibility index (Phi) is 5.32. The van der Waals surface area contributed by atoms with Crippen LogP contribution in [0.25, 0.3) is 0 Å². The Balaban J connectivity index is 1.75. The third kappa shape index (κ3) is 3.85. The fourth-order valence-corrected chi connectivity index (χ4v) is 3.60. The maximum absolute atomic E-state index is 12.4. The molecule has 1 saturated heterocycles. The molecule has 1 amide bonds. The third-order valence-corrected chi connectivity index (χ3v) is 4.89. The molecule has 3 nitrogen and oxygen atoms in total. The lowest BCUT2D eigenvalue weighted by atomic mass is 10.1. The molecule has 2 aromatic carbocycles. The van der Waals surface area contributed by atoms with Crippen LogP contribution in [0, 0.1) is 6.92 Å². The summed E-state index contributed by atoms with van der Waals surface area (Å²) in [5, 5.41) is 3.97. The van der Waals surface area contributed by atoms with Gasteiger partial charge in [-0.3, -0.25) is 4.79 Å². The Hall–Kier alpha value is -1.71. The smallest absolute Gasteiger partial charge is 0.257 e. The van der Waals surface area contributed by atoms with E-state index in [9.17, 15) is 4.79 Å². The van der Waals surface area contributed by atoms with Gasteiger partial charge in [0.2, 0.25) is 0 Å². The van der Waals surface area contributed by atoms with Gasteiger partial charge in [0.1, 0.15) is 0 Å². The summed E-state index contributed by atoms with van der Waals surface area (Å²) in [5.41, 5.74) is 3.18. The summed E-state index contributed by atoms with van der Waals surface area (Å²) in [6.07, 6.45) is 3.67. The van der Waals surface area contributed by atoms with Gasteiger partial charge < -0.3 is 10.2 Å². The number of carbonyl (C=O) groups excluding carboxylic acids is 1. The van der Waals surface area contributed by atoms with Gasteiger partial charge in [0.15, 0.2) is 0 Å². The van der Waals surface area contributed by atoms with Crippen molar-refractivity contribution in [1.29, 1.82) is 0 Å². The molecule has 1 fully saturated rings. The number of piperidine rings is 1. The molecule has 0 saturated carbocycles. The monoisotopic (exact) mass is 362 g/mol. The van der Waals surface area contributed by atoms with Crippen molar-refractivity contribution in [2.24, 2.45) is 0 Å². The van der Waals surface area contributed by atoms with Crippen molar-refractivity contribution in [3.63, 3.8) is 0 Å². The molecular formula is C19H20Cl2N2O. The number of hydrogen-bond donors (Lipinski definition) is 1. The number of nitrogens with one attached hydrogen (secondary N) is 1. The van der Waals surface area contributed by atoms with Gasteiger partial charge in [-0.2, -0.15) is 0 Å². The molecule has 0 aliphatic carbocycles. The summed E-state index contributed by atoms with van der Waals surface area (Å²) < 4.78 is 0. The average Bonchev–Trinajstić information content (AvgIpc) is 2.55. The molecule has 24 heavy (non-hydrogen) atoms. The predicted molar refractivity (Wildman–Crippen MR) is 102 cm³/mol. The number of hydrogen-bond acceptors (Lipinski definition) is 2. The van der Waals surface area contributed by atoms with Crippen molar-refractivity contribution in [1.82, 2.24) is 0 Å². The van der Waals surface area contributed by atoms with E-state index in [4.69, 9.17) is 23.2 Å². The molecule has 0 atom stereocenters. The Morgan fingerprint density at radius 2 is 1.75 bits per heavy atom. The fourth-order valence-electron chi connectivity index (χ4n) is 2.98. The lowest BCUT2D eigenvalue weighted by molar-refractivity contribution is 0.102. The van der Waals surface area contributed by atoms with Crippen LogP contribution >= 0.6 is 23.2 Å². The van der Waals surface area contributed by atoms with Gasteiger partial charge in [-0.15, -0.1) is 0 Å². The van der Waals surface area contributed by atoms with Crippen LogP contribution in [0.2, 0.25) is 10.0 Å². The van der Waals surface area contributed by atoms with E-state index in [2.05, 4.69) is 10.2 Å². The van der Waals surface area contributed by atoms with Crippen molar-refractivity contribution in [2.75, 3.05) is 23.3 Å². The maximum Gasteiger partial charge on any atom is 0.257 e. The lowest BCUT2D eigenvalue weighted by Gasteiger charge is -2.29. The molecule has 3 rings (SSSR count). The second-order valence-corrected chi connectivity index (χ2v) is 6.97. The first kappa shape index (κ1) is 17.1. The zero-order valence-electron chi connectivity index (χ0n) is 13.6. The van der Waals surface area contributed by atoms with Gasteiger partial charge in [0.05, 0.1) is 21.3 Å². The number of amides is 1. The highest BCUT2D eigenvalue weighted by Crippen LogP contribution is 2.31. The number of anilines is 2. The normalized spacial score (nSPS) is 14.5. The van der Waals surface area contributed by atoms with E-state index in [-0.39, 0.29) is 5.91 Å². The minimum absolute atomic E-state index is 0.234. The SMILES string of the molecule is Cc1ccc(C(=O)Nc2ccc(N3CCCCC3)c(Cl)c2)c(Cl)c1. The van der Waals surface area contributed by atoms with Crippen LogP contribution in [0.1, 0.15) is 35.2 Å². The minimum Gasteiger partial charge on any atom is -0.370 e. The molecule has 0 bridgehead atoms. The molecule has 1 N–H and O–H groups in total. The van der Waals surface area contributed by atoms with Crippen LogP contribution in [0.5, 0.6) is 0 Å². The zero-order chi connectivity index (χ0) is 17.1. The van der Waals surface area contributed by atoms with E-state index >= 15 is 0 Å². The standard InChI is InChI=1S/C19H20Cl2N2O/c1-13-5-7-15(16(20)11-13)19(24)22-14-6-8-18(17(21)12-14)23-9-3-2-4-10-23/h5-8,11-12H,2-4,9-10H2,1H3,(H,22,24).